The van der Waals surface area contributed by atoms with Crippen LogP contribution in [-0.4, -0.2) is 17.7 Å². The predicted octanol–water partition coefficient (Wildman–Crippen LogP) is 4.75. The number of sulfonamides is 1. The first-order chi connectivity index (χ1) is 15.2. The number of aromatic nitrogens is 1. The summed E-state index contributed by atoms with van der Waals surface area (Å²) >= 11 is 0. The van der Waals surface area contributed by atoms with Gasteiger partial charge in [-0.25, -0.2) is 8.42 Å². The zero-order valence-corrected chi connectivity index (χ0v) is 19.4. The standard InChI is InChI=1S/C25H26N2O4S/c1-16-11-18(3)24(19(4)12-16)32(29,30)27(15-22-9-6-10-31-22)14-21-13-20-8-5-7-17(2)23(20)26-25(21)28/h5-13H,14-15H2,1-4H3,(H,26,28). The largest absolute Gasteiger partial charge is 0.468 e. The third kappa shape index (κ3) is 4.13. The number of hydrogen-bond acceptors (Lipinski definition) is 4. The van der Waals surface area contributed by atoms with Crippen LogP contribution in [0.15, 0.2) is 68.9 Å². The minimum absolute atomic E-state index is 0.0212. The molecule has 2 aromatic heterocycles. The summed E-state index contributed by atoms with van der Waals surface area (Å²) in [5.74, 6) is 0.504. The molecule has 0 aliphatic heterocycles. The normalized spacial score (nSPS) is 12.0. The van der Waals surface area contributed by atoms with Crippen LogP contribution in [-0.2, 0) is 23.1 Å². The summed E-state index contributed by atoms with van der Waals surface area (Å²) < 4.78 is 34.4. The van der Waals surface area contributed by atoms with Crippen molar-refractivity contribution in [3.63, 3.8) is 0 Å². The number of hydrogen-bond donors (Lipinski definition) is 1. The van der Waals surface area contributed by atoms with Gasteiger partial charge in [0, 0.05) is 12.1 Å². The maximum absolute atomic E-state index is 13.8. The van der Waals surface area contributed by atoms with Gasteiger partial charge in [0.15, 0.2) is 0 Å². The molecule has 0 saturated heterocycles. The van der Waals surface area contributed by atoms with Gasteiger partial charge in [-0.1, -0.05) is 35.9 Å². The molecule has 0 fully saturated rings. The van der Waals surface area contributed by atoms with Gasteiger partial charge in [-0.15, -0.1) is 0 Å². The van der Waals surface area contributed by atoms with E-state index in [0.717, 1.165) is 22.0 Å². The van der Waals surface area contributed by atoms with Gasteiger partial charge < -0.3 is 9.40 Å². The zero-order valence-electron chi connectivity index (χ0n) is 18.6. The maximum atomic E-state index is 13.8. The highest BCUT2D eigenvalue weighted by molar-refractivity contribution is 7.89. The van der Waals surface area contributed by atoms with E-state index in [1.165, 1.54) is 10.6 Å². The Hall–Kier alpha value is -3.16. The van der Waals surface area contributed by atoms with Gasteiger partial charge in [-0.2, -0.15) is 4.31 Å². The Morgan fingerprint density at radius 1 is 0.906 bits per heavy atom. The van der Waals surface area contributed by atoms with Gasteiger partial charge in [0.2, 0.25) is 10.0 Å². The highest BCUT2D eigenvalue weighted by Crippen LogP contribution is 2.28. The summed E-state index contributed by atoms with van der Waals surface area (Å²) in [7, 11) is -3.91. The average molecular weight is 451 g/mol. The van der Waals surface area contributed by atoms with Crippen molar-refractivity contribution in [2.24, 2.45) is 0 Å². The Labute approximate surface area is 187 Å². The fourth-order valence-electron chi connectivity index (χ4n) is 4.24. The lowest BCUT2D eigenvalue weighted by Gasteiger charge is -2.24. The van der Waals surface area contributed by atoms with Crippen molar-refractivity contribution in [3.8, 4) is 0 Å². The number of nitrogens with one attached hydrogen (secondary N) is 1. The lowest BCUT2D eigenvalue weighted by atomic mass is 10.1. The smallest absolute Gasteiger partial charge is 0.252 e. The molecule has 0 unspecified atom stereocenters. The topological polar surface area (TPSA) is 83.4 Å². The lowest BCUT2D eigenvalue weighted by Crippen LogP contribution is -2.33. The highest BCUT2D eigenvalue weighted by Gasteiger charge is 2.29. The van der Waals surface area contributed by atoms with Gasteiger partial charge in [-0.3, -0.25) is 4.79 Å². The molecule has 2 aromatic carbocycles. The van der Waals surface area contributed by atoms with Crippen molar-refractivity contribution in [3.05, 3.63) is 98.7 Å². The molecule has 0 atom stereocenters. The van der Waals surface area contributed by atoms with E-state index >= 15 is 0 Å². The first-order valence-corrected chi connectivity index (χ1v) is 11.8. The SMILES string of the molecule is Cc1cc(C)c(S(=O)(=O)N(Cc2ccco2)Cc2cc3cccc(C)c3[nH]c2=O)c(C)c1. The molecule has 32 heavy (non-hydrogen) atoms. The van der Waals surface area contributed by atoms with Crippen LogP contribution in [0.4, 0.5) is 0 Å². The Bertz CT molecular complexity index is 1430. The summed E-state index contributed by atoms with van der Waals surface area (Å²) in [6.07, 6.45) is 1.51. The first-order valence-electron chi connectivity index (χ1n) is 10.4. The van der Waals surface area contributed by atoms with Gasteiger partial charge in [0.1, 0.15) is 5.76 Å². The molecule has 1 N–H and O–H groups in total. The van der Waals surface area contributed by atoms with E-state index in [4.69, 9.17) is 4.42 Å². The maximum Gasteiger partial charge on any atom is 0.252 e. The molecule has 7 heteroatoms. The number of fused-ring (bicyclic) bond motifs is 1. The van der Waals surface area contributed by atoms with Gasteiger partial charge in [-0.05, 0) is 68.0 Å². The second kappa shape index (κ2) is 8.41. The van der Waals surface area contributed by atoms with Crippen LogP contribution in [0.3, 0.4) is 0 Å². The average Bonchev–Trinajstić information content (AvgIpc) is 3.21. The second-order valence-electron chi connectivity index (χ2n) is 8.24. The Morgan fingerprint density at radius 2 is 1.62 bits per heavy atom. The van der Waals surface area contributed by atoms with Crippen molar-refractivity contribution in [1.29, 1.82) is 0 Å². The van der Waals surface area contributed by atoms with E-state index in [0.29, 0.717) is 22.5 Å². The second-order valence-corrected chi connectivity index (χ2v) is 10.1. The van der Waals surface area contributed by atoms with E-state index < -0.39 is 10.0 Å². The van der Waals surface area contributed by atoms with Crippen LogP contribution in [0.2, 0.25) is 0 Å². The number of nitrogens with zero attached hydrogens (tertiary/aromatic N) is 1. The predicted molar refractivity (Wildman–Crippen MR) is 125 cm³/mol. The van der Waals surface area contributed by atoms with Crippen LogP contribution in [0.1, 0.15) is 33.6 Å². The number of pyridine rings is 1. The highest BCUT2D eigenvalue weighted by atomic mass is 32.2. The molecule has 0 amide bonds. The number of rotatable bonds is 6. The number of para-hydroxylation sites is 1. The third-order valence-electron chi connectivity index (χ3n) is 5.63. The minimum atomic E-state index is -3.91. The van der Waals surface area contributed by atoms with Crippen molar-refractivity contribution >= 4 is 20.9 Å². The van der Waals surface area contributed by atoms with Crippen LogP contribution in [0, 0.1) is 27.7 Å². The van der Waals surface area contributed by atoms with Crippen molar-refractivity contribution in [2.75, 3.05) is 0 Å². The van der Waals surface area contributed by atoms with Crippen molar-refractivity contribution in [1.82, 2.24) is 9.29 Å². The van der Waals surface area contributed by atoms with Crippen LogP contribution < -0.4 is 5.56 Å². The molecule has 0 aliphatic carbocycles. The molecule has 6 nitrogen and oxygen atoms in total. The summed E-state index contributed by atoms with van der Waals surface area (Å²) in [5, 5.41) is 0.859. The fraction of sp³-hybridized carbons (Fsp3) is 0.240. The van der Waals surface area contributed by atoms with Crippen molar-refractivity contribution < 1.29 is 12.8 Å². The molecule has 0 radical (unpaired) electrons. The Morgan fingerprint density at radius 3 is 2.28 bits per heavy atom. The van der Waals surface area contributed by atoms with E-state index in [9.17, 15) is 13.2 Å². The summed E-state index contributed by atoms with van der Waals surface area (Å²) in [6, 6.07) is 14.7. The van der Waals surface area contributed by atoms with Crippen LogP contribution >= 0.6 is 0 Å². The monoisotopic (exact) mass is 450 g/mol. The summed E-state index contributed by atoms with van der Waals surface area (Å²) in [6.45, 7) is 7.40. The molecule has 4 rings (SSSR count). The van der Waals surface area contributed by atoms with Crippen molar-refractivity contribution in [2.45, 2.75) is 45.7 Å². The zero-order chi connectivity index (χ0) is 23.0. The van der Waals surface area contributed by atoms with E-state index in [-0.39, 0.29) is 23.5 Å². The molecule has 0 saturated carbocycles. The Balaban J connectivity index is 1.83. The lowest BCUT2D eigenvalue weighted by molar-refractivity contribution is 0.357. The molecule has 0 bridgehead atoms. The molecular formula is C25H26N2O4S. The Kier molecular flexibility index (Phi) is 5.79. The molecule has 0 spiro atoms. The number of furan rings is 1. The third-order valence-corrected chi connectivity index (χ3v) is 7.72. The summed E-state index contributed by atoms with van der Waals surface area (Å²) in [4.78, 5) is 16.0. The number of aryl methyl sites for hydroxylation is 4. The molecule has 0 aliphatic rings. The molecule has 2 heterocycles. The van der Waals surface area contributed by atoms with Gasteiger partial charge in [0.05, 0.1) is 23.2 Å². The minimum Gasteiger partial charge on any atom is -0.468 e. The molecule has 4 aromatic rings. The fourth-order valence-corrected chi connectivity index (χ4v) is 6.04. The van der Waals surface area contributed by atoms with Crippen LogP contribution in [0.25, 0.3) is 10.9 Å². The van der Waals surface area contributed by atoms with Crippen LogP contribution in [0.5, 0.6) is 0 Å². The number of aromatic amines is 1. The number of benzene rings is 2. The quantitative estimate of drug-likeness (QED) is 0.460. The van der Waals surface area contributed by atoms with Gasteiger partial charge in [0.25, 0.3) is 5.56 Å². The summed E-state index contributed by atoms with van der Waals surface area (Å²) in [5.41, 5.74) is 4.14. The van der Waals surface area contributed by atoms with E-state index in [1.54, 1.807) is 32.0 Å². The molecule has 166 valence electrons. The van der Waals surface area contributed by atoms with E-state index in [2.05, 4.69) is 4.98 Å². The molecular weight excluding hydrogens is 424 g/mol. The number of H-pyrrole nitrogens is 1. The van der Waals surface area contributed by atoms with Gasteiger partial charge >= 0.3 is 0 Å². The first kappa shape index (κ1) is 22.0. The van der Waals surface area contributed by atoms with E-state index in [1.807, 2.05) is 44.2 Å².